The molecule has 2 rings (SSSR count). The number of rotatable bonds is 5. The Bertz CT molecular complexity index is 552. The second-order valence-corrected chi connectivity index (χ2v) is 4.65. The van der Waals surface area contributed by atoms with Crippen LogP contribution in [0.1, 0.15) is 0 Å². The van der Waals surface area contributed by atoms with E-state index in [1.807, 2.05) is 24.3 Å². The third-order valence-electron chi connectivity index (χ3n) is 2.70. The summed E-state index contributed by atoms with van der Waals surface area (Å²) in [6, 6.07) is 10.9. The minimum atomic E-state index is 0.488. The summed E-state index contributed by atoms with van der Waals surface area (Å²) in [7, 11) is 3.13. The Morgan fingerprint density at radius 1 is 0.750 bits per heavy atom. The van der Waals surface area contributed by atoms with E-state index < -0.39 is 0 Å². The average Bonchev–Trinajstić information content (AvgIpc) is 2.47. The number of nitrogens with one attached hydrogen (secondary N) is 2. The van der Waals surface area contributed by atoms with Gasteiger partial charge in [-0.1, -0.05) is 35.3 Å². The lowest BCUT2D eigenvalue weighted by molar-refractivity contribution is 0.415. The summed E-state index contributed by atoms with van der Waals surface area (Å²) >= 11 is 12.4. The third kappa shape index (κ3) is 3.03. The highest BCUT2D eigenvalue weighted by Gasteiger charge is 2.08. The fourth-order valence-electron chi connectivity index (χ4n) is 1.66. The molecule has 106 valence electrons. The zero-order valence-electron chi connectivity index (χ0n) is 11.0. The zero-order chi connectivity index (χ0) is 14.5. The number of anilines is 2. The molecule has 2 aromatic rings. The quantitative estimate of drug-likeness (QED) is 0.800. The highest BCUT2D eigenvalue weighted by Crippen LogP contribution is 2.34. The molecule has 0 saturated heterocycles. The molecule has 0 aromatic heterocycles. The summed E-state index contributed by atoms with van der Waals surface area (Å²) in [5.74, 6) is 1.19. The van der Waals surface area contributed by atoms with E-state index in [1.165, 1.54) is 0 Å². The van der Waals surface area contributed by atoms with E-state index in [1.54, 1.807) is 26.4 Å². The zero-order valence-corrected chi connectivity index (χ0v) is 12.5. The third-order valence-corrected chi connectivity index (χ3v) is 3.48. The van der Waals surface area contributed by atoms with Crippen LogP contribution in [0.3, 0.4) is 0 Å². The van der Waals surface area contributed by atoms with Crippen LogP contribution in [0.2, 0.25) is 10.0 Å². The Labute approximate surface area is 127 Å². The SMILES string of the molecule is COc1cccc(NNc2cccc(OC)c2Cl)c1Cl. The molecule has 0 atom stereocenters. The van der Waals surface area contributed by atoms with Crippen molar-refractivity contribution in [3.05, 3.63) is 46.4 Å². The van der Waals surface area contributed by atoms with Crippen LogP contribution >= 0.6 is 23.2 Å². The lowest BCUT2D eigenvalue weighted by atomic mass is 10.3. The molecular formula is C14H14Cl2N2O2. The maximum Gasteiger partial charge on any atom is 0.139 e. The number of hydrogen-bond donors (Lipinski definition) is 2. The maximum atomic E-state index is 6.19. The first kappa shape index (κ1) is 14.6. The van der Waals surface area contributed by atoms with Gasteiger partial charge < -0.3 is 9.47 Å². The van der Waals surface area contributed by atoms with Crippen LogP contribution in [-0.4, -0.2) is 14.2 Å². The molecule has 2 aromatic carbocycles. The van der Waals surface area contributed by atoms with Gasteiger partial charge in [0.05, 0.1) is 25.6 Å². The van der Waals surface area contributed by atoms with Gasteiger partial charge in [0.15, 0.2) is 0 Å². The first-order chi connectivity index (χ1) is 9.67. The second kappa shape index (κ2) is 6.59. The number of methoxy groups -OCH3 is 2. The van der Waals surface area contributed by atoms with Crippen LogP contribution in [0.15, 0.2) is 36.4 Å². The molecule has 4 nitrogen and oxygen atoms in total. The molecule has 0 saturated carbocycles. The van der Waals surface area contributed by atoms with E-state index in [-0.39, 0.29) is 0 Å². The summed E-state index contributed by atoms with van der Waals surface area (Å²) in [6.07, 6.45) is 0. The highest BCUT2D eigenvalue weighted by atomic mass is 35.5. The first-order valence-corrected chi connectivity index (χ1v) is 6.60. The van der Waals surface area contributed by atoms with Crippen molar-refractivity contribution < 1.29 is 9.47 Å². The van der Waals surface area contributed by atoms with Crippen LogP contribution in [-0.2, 0) is 0 Å². The van der Waals surface area contributed by atoms with Crippen LogP contribution in [0, 0.1) is 0 Å². The van der Waals surface area contributed by atoms with Crippen molar-refractivity contribution in [2.75, 3.05) is 25.1 Å². The Kier molecular flexibility index (Phi) is 4.82. The van der Waals surface area contributed by atoms with Gasteiger partial charge in [-0.05, 0) is 24.3 Å². The van der Waals surface area contributed by atoms with Gasteiger partial charge in [-0.25, -0.2) is 0 Å². The van der Waals surface area contributed by atoms with Crippen molar-refractivity contribution in [3.8, 4) is 11.5 Å². The lowest BCUT2D eigenvalue weighted by Gasteiger charge is -2.15. The smallest absolute Gasteiger partial charge is 0.139 e. The van der Waals surface area contributed by atoms with Gasteiger partial charge >= 0.3 is 0 Å². The lowest BCUT2D eigenvalue weighted by Crippen LogP contribution is -2.09. The molecule has 0 unspecified atom stereocenters. The van der Waals surface area contributed by atoms with Gasteiger partial charge in [0.1, 0.15) is 21.5 Å². The van der Waals surface area contributed by atoms with E-state index in [0.29, 0.717) is 32.9 Å². The standard InChI is InChI=1S/C14H14Cl2N2O2/c1-19-11-7-3-5-9(13(11)15)17-18-10-6-4-8-12(20-2)14(10)16/h3-8,17-18H,1-2H3. The second-order valence-electron chi connectivity index (χ2n) is 3.89. The molecule has 6 heteroatoms. The van der Waals surface area contributed by atoms with Gasteiger partial charge in [0.25, 0.3) is 0 Å². The van der Waals surface area contributed by atoms with E-state index in [9.17, 15) is 0 Å². The molecule has 0 aliphatic carbocycles. The van der Waals surface area contributed by atoms with Crippen molar-refractivity contribution in [2.45, 2.75) is 0 Å². The fraction of sp³-hybridized carbons (Fsp3) is 0.143. The largest absolute Gasteiger partial charge is 0.495 e. The van der Waals surface area contributed by atoms with Gasteiger partial charge in [0.2, 0.25) is 0 Å². The normalized spacial score (nSPS) is 10.0. The van der Waals surface area contributed by atoms with Gasteiger partial charge in [-0.15, -0.1) is 0 Å². The summed E-state index contributed by atoms with van der Waals surface area (Å²) in [6.45, 7) is 0. The summed E-state index contributed by atoms with van der Waals surface area (Å²) in [4.78, 5) is 0. The molecular weight excluding hydrogens is 299 g/mol. The van der Waals surface area contributed by atoms with Crippen LogP contribution in [0.5, 0.6) is 11.5 Å². The highest BCUT2D eigenvalue weighted by molar-refractivity contribution is 6.35. The predicted octanol–water partition coefficient (Wildman–Crippen LogP) is 4.45. The molecule has 0 heterocycles. The van der Waals surface area contributed by atoms with Crippen molar-refractivity contribution in [3.63, 3.8) is 0 Å². The number of hydrogen-bond acceptors (Lipinski definition) is 4. The fourth-order valence-corrected chi connectivity index (χ4v) is 2.17. The van der Waals surface area contributed by atoms with E-state index in [0.717, 1.165) is 0 Å². The van der Waals surface area contributed by atoms with Crippen LogP contribution < -0.4 is 20.3 Å². The molecule has 2 N–H and O–H groups in total. The first-order valence-electron chi connectivity index (χ1n) is 5.84. The number of hydrazine groups is 1. The predicted molar refractivity (Wildman–Crippen MR) is 83.3 cm³/mol. The van der Waals surface area contributed by atoms with E-state index in [4.69, 9.17) is 32.7 Å². The molecule has 0 radical (unpaired) electrons. The van der Waals surface area contributed by atoms with E-state index >= 15 is 0 Å². The monoisotopic (exact) mass is 312 g/mol. The maximum absolute atomic E-state index is 6.19. The Morgan fingerprint density at radius 2 is 1.15 bits per heavy atom. The van der Waals surface area contributed by atoms with Gasteiger partial charge in [-0.2, -0.15) is 0 Å². The Balaban J connectivity index is 2.17. The molecule has 0 aliphatic rings. The van der Waals surface area contributed by atoms with Gasteiger partial charge in [0, 0.05) is 0 Å². The van der Waals surface area contributed by atoms with Crippen LogP contribution in [0.25, 0.3) is 0 Å². The minimum absolute atomic E-state index is 0.488. The number of halogens is 2. The molecule has 0 amide bonds. The Hall–Kier alpha value is -1.78. The Morgan fingerprint density at radius 3 is 1.50 bits per heavy atom. The van der Waals surface area contributed by atoms with Crippen LogP contribution in [0.4, 0.5) is 11.4 Å². The number of benzene rings is 2. The average molecular weight is 313 g/mol. The summed E-state index contributed by atoms with van der Waals surface area (Å²) in [5.41, 5.74) is 7.36. The topological polar surface area (TPSA) is 42.5 Å². The molecule has 0 bridgehead atoms. The summed E-state index contributed by atoms with van der Waals surface area (Å²) in [5, 5.41) is 0.975. The number of ether oxygens (including phenoxy) is 2. The van der Waals surface area contributed by atoms with Crippen molar-refractivity contribution >= 4 is 34.6 Å². The molecule has 0 spiro atoms. The van der Waals surface area contributed by atoms with Crippen molar-refractivity contribution in [1.29, 1.82) is 0 Å². The molecule has 0 aliphatic heterocycles. The van der Waals surface area contributed by atoms with Crippen molar-refractivity contribution in [1.82, 2.24) is 0 Å². The van der Waals surface area contributed by atoms with Gasteiger partial charge in [-0.3, -0.25) is 10.9 Å². The van der Waals surface area contributed by atoms with E-state index in [2.05, 4.69) is 10.9 Å². The summed E-state index contributed by atoms with van der Waals surface area (Å²) < 4.78 is 10.3. The molecule has 20 heavy (non-hydrogen) atoms. The minimum Gasteiger partial charge on any atom is -0.495 e. The van der Waals surface area contributed by atoms with Crippen molar-refractivity contribution in [2.24, 2.45) is 0 Å². The molecule has 0 fully saturated rings.